The summed E-state index contributed by atoms with van der Waals surface area (Å²) in [6.45, 7) is 6.11. The zero-order valence-electron chi connectivity index (χ0n) is 12.3. The van der Waals surface area contributed by atoms with Crippen LogP contribution >= 0.6 is 0 Å². The third kappa shape index (κ3) is 3.95. The Bertz CT molecular complexity index is 597. The monoisotopic (exact) mass is 268 g/mol. The van der Waals surface area contributed by atoms with Crippen molar-refractivity contribution >= 4 is 5.97 Å². The highest BCUT2D eigenvalue weighted by Crippen LogP contribution is 2.17. The van der Waals surface area contributed by atoms with Crippen LogP contribution in [0, 0.1) is 20.8 Å². The summed E-state index contributed by atoms with van der Waals surface area (Å²) in [5, 5.41) is 0. The van der Waals surface area contributed by atoms with Crippen molar-refractivity contribution in [3.63, 3.8) is 0 Å². The van der Waals surface area contributed by atoms with Crippen LogP contribution in [0.15, 0.2) is 42.5 Å². The Morgan fingerprint density at radius 2 is 1.65 bits per heavy atom. The standard InChI is InChI=1S/C18H20O2/c1-13-4-7-16(8-5-13)9-11-18(19)20-17-10-6-14(2)15(3)12-17/h4-8,10,12H,9,11H2,1-3H3. The minimum Gasteiger partial charge on any atom is -0.427 e. The van der Waals surface area contributed by atoms with E-state index in [9.17, 15) is 4.79 Å². The maximum absolute atomic E-state index is 11.8. The van der Waals surface area contributed by atoms with Crippen LogP contribution in [0.3, 0.4) is 0 Å². The Hall–Kier alpha value is -2.09. The lowest BCUT2D eigenvalue weighted by atomic mass is 10.1. The van der Waals surface area contributed by atoms with Gasteiger partial charge in [0, 0.05) is 6.42 Å². The number of carbonyl (C=O) groups excluding carboxylic acids is 1. The largest absolute Gasteiger partial charge is 0.427 e. The molecule has 0 aromatic heterocycles. The van der Waals surface area contributed by atoms with Crippen molar-refractivity contribution in [2.45, 2.75) is 33.6 Å². The molecule has 0 unspecified atom stereocenters. The van der Waals surface area contributed by atoms with Crippen molar-refractivity contribution in [1.29, 1.82) is 0 Å². The fraction of sp³-hybridized carbons (Fsp3) is 0.278. The van der Waals surface area contributed by atoms with Crippen molar-refractivity contribution < 1.29 is 9.53 Å². The Morgan fingerprint density at radius 3 is 2.30 bits per heavy atom. The first-order valence-corrected chi connectivity index (χ1v) is 6.88. The van der Waals surface area contributed by atoms with Gasteiger partial charge in [-0.05, 0) is 56.0 Å². The highest BCUT2D eigenvalue weighted by atomic mass is 16.5. The van der Waals surface area contributed by atoms with Crippen LogP contribution in [0.1, 0.15) is 28.7 Å². The summed E-state index contributed by atoms with van der Waals surface area (Å²) < 4.78 is 5.36. The number of carbonyl (C=O) groups is 1. The number of ether oxygens (including phenoxy) is 1. The molecule has 2 aromatic rings. The molecule has 0 fully saturated rings. The van der Waals surface area contributed by atoms with E-state index in [0.29, 0.717) is 18.6 Å². The molecule has 20 heavy (non-hydrogen) atoms. The van der Waals surface area contributed by atoms with Gasteiger partial charge in [-0.15, -0.1) is 0 Å². The molecule has 0 bridgehead atoms. The van der Waals surface area contributed by atoms with Crippen LogP contribution in [0.4, 0.5) is 0 Å². The van der Waals surface area contributed by atoms with Crippen LogP contribution < -0.4 is 4.74 Å². The van der Waals surface area contributed by atoms with E-state index in [-0.39, 0.29) is 5.97 Å². The Morgan fingerprint density at radius 1 is 0.950 bits per heavy atom. The van der Waals surface area contributed by atoms with Crippen LogP contribution in [0.2, 0.25) is 0 Å². The van der Waals surface area contributed by atoms with Crippen LogP contribution in [0.5, 0.6) is 5.75 Å². The first-order valence-electron chi connectivity index (χ1n) is 6.88. The van der Waals surface area contributed by atoms with E-state index in [1.165, 1.54) is 11.1 Å². The van der Waals surface area contributed by atoms with E-state index >= 15 is 0 Å². The summed E-state index contributed by atoms with van der Waals surface area (Å²) in [7, 11) is 0. The second-order valence-corrected chi connectivity index (χ2v) is 5.21. The SMILES string of the molecule is Cc1ccc(CCC(=O)Oc2ccc(C)c(C)c2)cc1. The molecule has 0 saturated heterocycles. The quantitative estimate of drug-likeness (QED) is 0.615. The molecule has 2 rings (SSSR count). The van der Waals surface area contributed by atoms with Gasteiger partial charge in [0.15, 0.2) is 0 Å². The number of hydrogen-bond acceptors (Lipinski definition) is 2. The summed E-state index contributed by atoms with van der Waals surface area (Å²) in [5.74, 6) is 0.441. The predicted molar refractivity (Wildman–Crippen MR) is 81.1 cm³/mol. The minimum atomic E-state index is -0.186. The van der Waals surface area contributed by atoms with Crippen molar-refractivity contribution in [1.82, 2.24) is 0 Å². The summed E-state index contributed by atoms with van der Waals surface area (Å²) in [6.07, 6.45) is 1.11. The molecule has 0 aliphatic heterocycles. The summed E-state index contributed by atoms with van der Waals surface area (Å²) >= 11 is 0. The van der Waals surface area contributed by atoms with Gasteiger partial charge in [-0.2, -0.15) is 0 Å². The molecular weight excluding hydrogens is 248 g/mol. The number of benzene rings is 2. The molecule has 0 amide bonds. The maximum atomic E-state index is 11.8. The number of rotatable bonds is 4. The van der Waals surface area contributed by atoms with Gasteiger partial charge in [-0.3, -0.25) is 4.79 Å². The summed E-state index contributed by atoms with van der Waals surface area (Å²) in [6, 6.07) is 13.9. The van der Waals surface area contributed by atoms with Gasteiger partial charge in [0.1, 0.15) is 5.75 Å². The summed E-state index contributed by atoms with van der Waals surface area (Å²) in [4.78, 5) is 11.8. The Balaban J connectivity index is 1.89. The molecule has 0 aliphatic carbocycles. The smallest absolute Gasteiger partial charge is 0.311 e. The first-order chi connectivity index (χ1) is 9.54. The number of aryl methyl sites for hydroxylation is 4. The molecule has 0 atom stereocenters. The third-order valence-corrected chi connectivity index (χ3v) is 3.45. The highest BCUT2D eigenvalue weighted by molar-refractivity contribution is 5.72. The van der Waals surface area contributed by atoms with Gasteiger partial charge in [0.25, 0.3) is 0 Å². The van der Waals surface area contributed by atoms with Crippen molar-refractivity contribution in [3.05, 3.63) is 64.7 Å². The lowest BCUT2D eigenvalue weighted by Crippen LogP contribution is -2.09. The molecule has 0 radical (unpaired) electrons. The van der Waals surface area contributed by atoms with E-state index < -0.39 is 0 Å². The lowest BCUT2D eigenvalue weighted by Gasteiger charge is -2.07. The van der Waals surface area contributed by atoms with Gasteiger partial charge in [0.2, 0.25) is 0 Å². The van der Waals surface area contributed by atoms with Crippen LogP contribution in [-0.2, 0) is 11.2 Å². The molecule has 2 aromatic carbocycles. The predicted octanol–water partition coefficient (Wildman–Crippen LogP) is 4.15. The highest BCUT2D eigenvalue weighted by Gasteiger charge is 2.06. The van der Waals surface area contributed by atoms with E-state index in [1.54, 1.807) is 0 Å². The third-order valence-electron chi connectivity index (χ3n) is 3.45. The van der Waals surface area contributed by atoms with Crippen LogP contribution in [0.25, 0.3) is 0 Å². The lowest BCUT2D eigenvalue weighted by molar-refractivity contribution is -0.134. The zero-order chi connectivity index (χ0) is 14.5. The fourth-order valence-electron chi connectivity index (χ4n) is 1.96. The van der Waals surface area contributed by atoms with Crippen molar-refractivity contribution in [2.75, 3.05) is 0 Å². The number of hydrogen-bond donors (Lipinski definition) is 0. The molecular formula is C18H20O2. The Labute approximate surface area is 120 Å². The fourth-order valence-corrected chi connectivity index (χ4v) is 1.96. The normalized spacial score (nSPS) is 10.3. The molecule has 0 aliphatic rings. The van der Waals surface area contributed by atoms with Crippen molar-refractivity contribution in [3.8, 4) is 5.75 Å². The van der Waals surface area contributed by atoms with Gasteiger partial charge in [0.05, 0.1) is 0 Å². The topological polar surface area (TPSA) is 26.3 Å². The number of esters is 1. The second-order valence-electron chi connectivity index (χ2n) is 5.21. The zero-order valence-corrected chi connectivity index (χ0v) is 12.3. The minimum absolute atomic E-state index is 0.186. The summed E-state index contributed by atoms with van der Waals surface area (Å²) in [5.41, 5.74) is 4.72. The van der Waals surface area contributed by atoms with Gasteiger partial charge in [-0.1, -0.05) is 35.9 Å². The van der Waals surface area contributed by atoms with Crippen LogP contribution in [-0.4, -0.2) is 5.97 Å². The molecule has 0 saturated carbocycles. The van der Waals surface area contributed by atoms with Crippen molar-refractivity contribution in [2.24, 2.45) is 0 Å². The second kappa shape index (κ2) is 6.38. The molecule has 0 heterocycles. The molecule has 0 spiro atoms. The van der Waals surface area contributed by atoms with Gasteiger partial charge in [-0.25, -0.2) is 0 Å². The van der Waals surface area contributed by atoms with Gasteiger partial charge >= 0.3 is 5.97 Å². The molecule has 2 heteroatoms. The van der Waals surface area contributed by atoms with E-state index in [1.807, 2.05) is 32.0 Å². The van der Waals surface area contributed by atoms with E-state index in [0.717, 1.165) is 11.1 Å². The van der Waals surface area contributed by atoms with E-state index in [4.69, 9.17) is 4.74 Å². The van der Waals surface area contributed by atoms with Gasteiger partial charge < -0.3 is 4.74 Å². The average molecular weight is 268 g/mol. The average Bonchev–Trinajstić information content (AvgIpc) is 2.42. The Kier molecular flexibility index (Phi) is 4.57. The maximum Gasteiger partial charge on any atom is 0.311 e. The first kappa shape index (κ1) is 14.3. The molecule has 0 N–H and O–H groups in total. The molecule has 2 nitrogen and oxygen atoms in total. The molecule has 104 valence electrons. The van der Waals surface area contributed by atoms with E-state index in [2.05, 4.69) is 31.2 Å².